The molecule has 4 N–H and O–H groups in total. The number of aliphatic imine (C=N–C) groups is 1. The molecule has 1 aliphatic heterocycles. The average Bonchev–Trinajstić information content (AvgIpc) is 2.41. The molecule has 1 aliphatic rings. The Bertz CT molecular complexity index is 535. The van der Waals surface area contributed by atoms with Crippen molar-refractivity contribution >= 4 is 23.2 Å². The van der Waals surface area contributed by atoms with Crippen LogP contribution >= 0.6 is 0 Å². The summed E-state index contributed by atoms with van der Waals surface area (Å²) in [5, 5.41) is 0. The number of amides is 1. The van der Waals surface area contributed by atoms with Gasteiger partial charge < -0.3 is 21.3 Å². The van der Waals surface area contributed by atoms with Crippen LogP contribution in [-0.4, -0.2) is 41.9 Å². The molecular weight excluding hydrogens is 266 g/mol. The molecule has 0 aromatic heterocycles. The van der Waals surface area contributed by atoms with Gasteiger partial charge in [0, 0.05) is 37.8 Å². The molecule has 1 heterocycles. The average molecular weight is 289 g/mol. The van der Waals surface area contributed by atoms with Crippen LogP contribution < -0.4 is 16.4 Å². The second kappa shape index (κ2) is 6.03. The number of rotatable bonds is 2. The smallest absolute Gasteiger partial charge is 0.219 e. The summed E-state index contributed by atoms with van der Waals surface area (Å²) < 4.78 is 0. The van der Waals surface area contributed by atoms with Gasteiger partial charge in [-0.25, -0.2) is 4.99 Å². The number of hydrogen-bond donors (Lipinski definition) is 2. The largest absolute Gasteiger partial charge is 0.370 e. The van der Waals surface area contributed by atoms with Gasteiger partial charge in [-0.3, -0.25) is 4.79 Å². The zero-order valence-corrected chi connectivity index (χ0v) is 12.8. The minimum Gasteiger partial charge on any atom is -0.370 e. The maximum absolute atomic E-state index is 11.6. The maximum Gasteiger partial charge on any atom is 0.219 e. The molecule has 1 aromatic rings. The van der Waals surface area contributed by atoms with E-state index in [-0.39, 0.29) is 24.0 Å². The summed E-state index contributed by atoms with van der Waals surface area (Å²) >= 11 is 0. The monoisotopic (exact) mass is 289 g/mol. The van der Waals surface area contributed by atoms with Gasteiger partial charge in [-0.2, -0.15) is 0 Å². The van der Waals surface area contributed by atoms with E-state index >= 15 is 0 Å². The van der Waals surface area contributed by atoms with Crippen LogP contribution in [0.3, 0.4) is 0 Å². The standard InChI is InChI=1S/C15H23N5O/c1-10-9-20(11(2)8-19(10)12(3)21)14-6-4-13(5-7-14)18-15(16)17/h4-7,10-11H,8-9H2,1-3H3,(H4,16,17,18). The number of hydrogen-bond acceptors (Lipinski definition) is 3. The lowest BCUT2D eigenvalue weighted by atomic mass is 10.1. The van der Waals surface area contributed by atoms with Crippen LogP contribution in [0.2, 0.25) is 0 Å². The maximum atomic E-state index is 11.6. The van der Waals surface area contributed by atoms with E-state index in [4.69, 9.17) is 11.5 Å². The zero-order valence-electron chi connectivity index (χ0n) is 12.8. The van der Waals surface area contributed by atoms with E-state index in [1.807, 2.05) is 29.2 Å². The van der Waals surface area contributed by atoms with Gasteiger partial charge in [0.15, 0.2) is 5.96 Å². The van der Waals surface area contributed by atoms with Gasteiger partial charge in [-0.1, -0.05) is 0 Å². The Morgan fingerprint density at radius 2 is 1.76 bits per heavy atom. The van der Waals surface area contributed by atoms with Crippen molar-refractivity contribution in [1.82, 2.24) is 4.90 Å². The van der Waals surface area contributed by atoms with Crippen molar-refractivity contribution in [1.29, 1.82) is 0 Å². The van der Waals surface area contributed by atoms with Gasteiger partial charge in [0.05, 0.1) is 5.69 Å². The van der Waals surface area contributed by atoms with Crippen molar-refractivity contribution in [3.8, 4) is 0 Å². The quantitative estimate of drug-likeness (QED) is 0.629. The molecule has 114 valence electrons. The Morgan fingerprint density at radius 1 is 1.14 bits per heavy atom. The molecule has 2 atom stereocenters. The van der Waals surface area contributed by atoms with Crippen molar-refractivity contribution in [3.05, 3.63) is 24.3 Å². The molecule has 2 unspecified atom stereocenters. The first-order chi connectivity index (χ1) is 9.88. The summed E-state index contributed by atoms with van der Waals surface area (Å²) in [6.45, 7) is 7.40. The highest BCUT2D eigenvalue weighted by molar-refractivity contribution is 5.79. The molecule has 1 saturated heterocycles. The van der Waals surface area contributed by atoms with Crippen molar-refractivity contribution < 1.29 is 4.79 Å². The molecule has 0 saturated carbocycles. The molecular formula is C15H23N5O. The van der Waals surface area contributed by atoms with E-state index in [0.29, 0.717) is 0 Å². The second-order valence-corrected chi connectivity index (χ2v) is 5.57. The topological polar surface area (TPSA) is 88.0 Å². The van der Waals surface area contributed by atoms with Crippen LogP contribution in [0.25, 0.3) is 0 Å². The number of carbonyl (C=O) groups excluding carboxylic acids is 1. The van der Waals surface area contributed by atoms with E-state index in [1.54, 1.807) is 6.92 Å². The van der Waals surface area contributed by atoms with Crippen LogP contribution in [-0.2, 0) is 4.79 Å². The third-order valence-electron chi connectivity index (χ3n) is 3.83. The Hall–Kier alpha value is -2.24. The highest BCUT2D eigenvalue weighted by Gasteiger charge is 2.30. The summed E-state index contributed by atoms with van der Waals surface area (Å²) in [5.74, 6) is 0.192. The normalized spacial score (nSPS) is 22.0. The van der Waals surface area contributed by atoms with Gasteiger partial charge in [0.1, 0.15) is 0 Å². The Labute approximate surface area is 125 Å². The second-order valence-electron chi connectivity index (χ2n) is 5.57. The van der Waals surface area contributed by atoms with Crippen LogP contribution in [0.5, 0.6) is 0 Å². The predicted molar refractivity (Wildman–Crippen MR) is 85.6 cm³/mol. The molecule has 1 aromatic carbocycles. The Morgan fingerprint density at radius 3 is 2.29 bits per heavy atom. The predicted octanol–water partition coefficient (Wildman–Crippen LogP) is 1.04. The van der Waals surface area contributed by atoms with Crippen LogP contribution in [0.1, 0.15) is 20.8 Å². The summed E-state index contributed by atoms with van der Waals surface area (Å²) in [7, 11) is 0. The lowest BCUT2D eigenvalue weighted by molar-refractivity contribution is -0.131. The molecule has 0 radical (unpaired) electrons. The van der Waals surface area contributed by atoms with Crippen molar-refractivity contribution in [2.75, 3.05) is 18.0 Å². The number of guanidine groups is 1. The van der Waals surface area contributed by atoms with Crippen LogP contribution in [0.4, 0.5) is 11.4 Å². The number of carbonyl (C=O) groups is 1. The van der Waals surface area contributed by atoms with E-state index in [1.165, 1.54) is 0 Å². The number of anilines is 1. The van der Waals surface area contributed by atoms with E-state index in [9.17, 15) is 4.79 Å². The van der Waals surface area contributed by atoms with Crippen molar-refractivity contribution in [3.63, 3.8) is 0 Å². The first kappa shape index (κ1) is 15.2. The van der Waals surface area contributed by atoms with Crippen molar-refractivity contribution in [2.24, 2.45) is 16.5 Å². The number of nitrogens with zero attached hydrogens (tertiary/aromatic N) is 3. The van der Waals surface area contributed by atoms with Gasteiger partial charge >= 0.3 is 0 Å². The summed E-state index contributed by atoms with van der Waals surface area (Å²) in [4.78, 5) is 19.9. The first-order valence-electron chi connectivity index (χ1n) is 7.12. The number of piperazine rings is 1. The number of benzene rings is 1. The van der Waals surface area contributed by atoms with Crippen LogP contribution in [0.15, 0.2) is 29.3 Å². The molecule has 0 bridgehead atoms. The Balaban J connectivity index is 2.15. The minimum absolute atomic E-state index is 0.0554. The molecule has 1 fully saturated rings. The van der Waals surface area contributed by atoms with Gasteiger partial charge in [0.25, 0.3) is 0 Å². The molecule has 21 heavy (non-hydrogen) atoms. The Kier molecular flexibility index (Phi) is 4.35. The summed E-state index contributed by atoms with van der Waals surface area (Å²) in [6, 6.07) is 8.28. The van der Waals surface area contributed by atoms with Gasteiger partial charge in [0.2, 0.25) is 5.91 Å². The molecule has 1 amide bonds. The SMILES string of the molecule is CC(=O)N1CC(C)N(c2ccc(N=C(N)N)cc2)CC1C. The summed E-state index contributed by atoms with van der Waals surface area (Å²) in [5.41, 5.74) is 12.6. The van der Waals surface area contributed by atoms with E-state index in [0.717, 1.165) is 24.5 Å². The lowest BCUT2D eigenvalue weighted by Gasteiger charge is -2.45. The van der Waals surface area contributed by atoms with E-state index < -0.39 is 0 Å². The molecule has 2 rings (SSSR count). The third kappa shape index (κ3) is 3.45. The molecule has 0 aliphatic carbocycles. The van der Waals surface area contributed by atoms with Gasteiger partial charge in [-0.05, 0) is 38.1 Å². The minimum atomic E-state index is 0.0554. The summed E-state index contributed by atoms with van der Waals surface area (Å²) in [6.07, 6.45) is 0. The lowest BCUT2D eigenvalue weighted by Crippen LogP contribution is -2.57. The van der Waals surface area contributed by atoms with E-state index in [2.05, 4.69) is 23.7 Å². The first-order valence-corrected chi connectivity index (χ1v) is 7.12. The molecule has 6 heteroatoms. The molecule has 6 nitrogen and oxygen atoms in total. The molecule has 0 spiro atoms. The third-order valence-corrected chi connectivity index (χ3v) is 3.83. The fourth-order valence-corrected chi connectivity index (χ4v) is 2.79. The fraction of sp³-hybridized carbons (Fsp3) is 0.467. The zero-order chi connectivity index (χ0) is 15.6. The number of nitrogens with two attached hydrogens (primary N) is 2. The fourth-order valence-electron chi connectivity index (χ4n) is 2.79. The van der Waals surface area contributed by atoms with Crippen LogP contribution in [0, 0.1) is 0 Å². The van der Waals surface area contributed by atoms with Gasteiger partial charge in [-0.15, -0.1) is 0 Å². The van der Waals surface area contributed by atoms with Crippen molar-refractivity contribution in [2.45, 2.75) is 32.9 Å². The highest BCUT2D eigenvalue weighted by atomic mass is 16.2. The highest BCUT2D eigenvalue weighted by Crippen LogP contribution is 2.25.